The number of fused-ring (bicyclic) bond motifs is 1. The number of hydrogen-bond donors (Lipinski definition) is 2. The van der Waals surface area contributed by atoms with E-state index in [2.05, 4.69) is 37.2 Å². The van der Waals surface area contributed by atoms with E-state index >= 15 is 0 Å². The maximum absolute atomic E-state index is 4.26. The average Bonchev–Trinajstić information content (AvgIpc) is 2.87. The van der Waals surface area contributed by atoms with Crippen LogP contribution in [-0.2, 0) is 0 Å². The summed E-state index contributed by atoms with van der Waals surface area (Å²) < 4.78 is 0. The van der Waals surface area contributed by atoms with Crippen LogP contribution in [0.4, 0.5) is 5.82 Å². The second-order valence-corrected chi connectivity index (χ2v) is 4.22. The van der Waals surface area contributed by atoms with Crippen molar-refractivity contribution in [3.05, 3.63) is 12.7 Å². The van der Waals surface area contributed by atoms with Crippen LogP contribution in [0.5, 0.6) is 0 Å². The summed E-state index contributed by atoms with van der Waals surface area (Å²) in [7, 11) is 2.13. The van der Waals surface area contributed by atoms with E-state index in [9.17, 15) is 0 Å². The molecule has 1 saturated heterocycles. The van der Waals surface area contributed by atoms with Crippen molar-refractivity contribution in [3.63, 3.8) is 0 Å². The van der Waals surface area contributed by atoms with E-state index in [0.717, 1.165) is 30.8 Å². The van der Waals surface area contributed by atoms with E-state index < -0.39 is 0 Å². The van der Waals surface area contributed by atoms with E-state index in [1.54, 1.807) is 12.7 Å². The maximum atomic E-state index is 4.26. The highest BCUT2D eigenvalue weighted by molar-refractivity contribution is 5.82. The van der Waals surface area contributed by atoms with E-state index in [1.807, 2.05) is 0 Å². The SMILES string of the molecule is CN1CCC(Nc2ncnc3nc[nH]c23)C1. The number of nitrogens with zero attached hydrogens (tertiary/aromatic N) is 4. The molecule has 6 nitrogen and oxygen atoms in total. The molecule has 0 aromatic carbocycles. The lowest BCUT2D eigenvalue weighted by Crippen LogP contribution is -2.24. The van der Waals surface area contributed by atoms with Crippen LogP contribution in [0.2, 0.25) is 0 Å². The molecule has 1 atom stereocenters. The van der Waals surface area contributed by atoms with Gasteiger partial charge in [-0.15, -0.1) is 0 Å². The van der Waals surface area contributed by atoms with Gasteiger partial charge < -0.3 is 15.2 Å². The van der Waals surface area contributed by atoms with Gasteiger partial charge >= 0.3 is 0 Å². The highest BCUT2D eigenvalue weighted by atomic mass is 15.2. The summed E-state index contributed by atoms with van der Waals surface area (Å²) in [5, 5.41) is 3.44. The Hall–Kier alpha value is -1.69. The zero-order valence-corrected chi connectivity index (χ0v) is 9.14. The van der Waals surface area contributed by atoms with E-state index in [4.69, 9.17) is 0 Å². The largest absolute Gasteiger partial charge is 0.364 e. The van der Waals surface area contributed by atoms with Crippen LogP contribution in [0.1, 0.15) is 6.42 Å². The number of imidazole rings is 1. The first kappa shape index (κ1) is 9.53. The summed E-state index contributed by atoms with van der Waals surface area (Å²) in [5.74, 6) is 0.850. The highest BCUT2D eigenvalue weighted by Crippen LogP contribution is 2.18. The molecule has 1 fully saturated rings. The Kier molecular flexibility index (Phi) is 2.21. The molecule has 2 aromatic rings. The third-order valence-corrected chi connectivity index (χ3v) is 2.96. The lowest BCUT2D eigenvalue weighted by molar-refractivity contribution is 0.414. The summed E-state index contributed by atoms with van der Waals surface area (Å²) in [6.45, 7) is 2.19. The molecule has 0 saturated carbocycles. The smallest absolute Gasteiger partial charge is 0.182 e. The van der Waals surface area contributed by atoms with Gasteiger partial charge in [-0.3, -0.25) is 0 Å². The zero-order valence-electron chi connectivity index (χ0n) is 9.14. The first-order valence-corrected chi connectivity index (χ1v) is 5.42. The standard InChI is InChI=1S/C10H14N6/c1-16-3-2-7(4-16)15-10-8-9(12-5-11-8)13-6-14-10/h5-7H,2-4H2,1H3,(H2,11,12,13,14,15). The number of aromatic amines is 1. The Morgan fingerprint density at radius 1 is 1.44 bits per heavy atom. The molecule has 3 rings (SSSR count). The number of hydrogen-bond acceptors (Lipinski definition) is 5. The molecule has 3 heterocycles. The maximum Gasteiger partial charge on any atom is 0.182 e. The first-order chi connectivity index (χ1) is 7.83. The summed E-state index contributed by atoms with van der Waals surface area (Å²) >= 11 is 0. The quantitative estimate of drug-likeness (QED) is 0.766. The molecule has 0 spiro atoms. The summed E-state index contributed by atoms with van der Waals surface area (Å²) in [6.07, 6.45) is 4.34. The Morgan fingerprint density at radius 2 is 2.38 bits per heavy atom. The molecule has 6 heteroatoms. The Balaban J connectivity index is 1.86. The predicted molar refractivity (Wildman–Crippen MR) is 61.2 cm³/mol. The van der Waals surface area contributed by atoms with Gasteiger partial charge in [0, 0.05) is 12.6 Å². The first-order valence-electron chi connectivity index (χ1n) is 5.42. The fourth-order valence-corrected chi connectivity index (χ4v) is 2.12. The molecule has 16 heavy (non-hydrogen) atoms. The molecule has 2 aromatic heterocycles. The Labute approximate surface area is 93.1 Å². The van der Waals surface area contributed by atoms with Crippen molar-refractivity contribution >= 4 is 17.0 Å². The second kappa shape index (κ2) is 3.71. The van der Waals surface area contributed by atoms with E-state index in [1.165, 1.54) is 0 Å². The molecule has 0 amide bonds. The summed E-state index contributed by atoms with van der Waals surface area (Å²) in [4.78, 5) is 17.8. The van der Waals surface area contributed by atoms with Gasteiger partial charge in [0.1, 0.15) is 11.8 Å². The van der Waals surface area contributed by atoms with Gasteiger partial charge in [-0.2, -0.15) is 0 Å². The zero-order chi connectivity index (χ0) is 11.0. The number of nitrogens with one attached hydrogen (secondary N) is 2. The number of rotatable bonds is 2. The van der Waals surface area contributed by atoms with E-state index in [-0.39, 0.29) is 0 Å². The van der Waals surface area contributed by atoms with Gasteiger partial charge in [0.2, 0.25) is 0 Å². The number of likely N-dealkylation sites (N-methyl/N-ethyl adjacent to an activating group) is 1. The average molecular weight is 218 g/mol. The predicted octanol–water partition coefficient (Wildman–Crippen LogP) is 0.469. The van der Waals surface area contributed by atoms with Crippen molar-refractivity contribution in [1.82, 2.24) is 24.8 Å². The molecular formula is C10H14N6. The molecule has 1 aliphatic heterocycles. The Morgan fingerprint density at radius 3 is 3.19 bits per heavy atom. The van der Waals surface area contributed by atoms with Crippen LogP contribution in [0.15, 0.2) is 12.7 Å². The van der Waals surface area contributed by atoms with Crippen LogP contribution in [0, 0.1) is 0 Å². The van der Waals surface area contributed by atoms with Crippen LogP contribution in [0.3, 0.4) is 0 Å². The number of likely N-dealkylation sites (tertiary alicyclic amines) is 1. The van der Waals surface area contributed by atoms with Gasteiger partial charge in [0.25, 0.3) is 0 Å². The van der Waals surface area contributed by atoms with Crippen LogP contribution in [0.25, 0.3) is 11.2 Å². The van der Waals surface area contributed by atoms with Crippen molar-refractivity contribution in [1.29, 1.82) is 0 Å². The van der Waals surface area contributed by atoms with Crippen molar-refractivity contribution in [2.24, 2.45) is 0 Å². The van der Waals surface area contributed by atoms with Gasteiger partial charge in [-0.05, 0) is 20.0 Å². The minimum atomic E-state index is 0.464. The van der Waals surface area contributed by atoms with Crippen molar-refractivity contribution < 1.29 is 0 Å². The second-order valence-electron chi connectivity index (χ2n) is 4.22. The van der Waals surface area contributed by atoms with Gasteiger partial charge in [-0.25, -0.2) is 15.0 Å². The molecule has 2 N–H and O–H groups in total. The monoisotopic (exact) mass is 218 g/mol. The van der Waals surface area contributed by atoms with Gasteiger partial charge in [-0.1, -0.05) is 0 Å². The van der Waals surface area contributed by atoms with Gasteiger partial charge in [0.15, 0.2) is 11.5 Å². The fourth-order valence-electron chi connectivity index (χ4n) is 2.12. The molecule has 0 bridgehead atoms. The minimum Gasteiger partial charge on any atom is -0.364 e. The molecule has 0 radical (unpaired) electrons. The van der Waals surface area contributed by atoms with E-state index in [0.29, 0.717) is 11.7 Å². The molecule has 1 unspecified atom stereocenters. The topological polar surface area (TPSA) is 69.7 Å². The molecule has 84 valence electrons. The van der Waals surface area contributed by atoms with Crippen LogP contribution in [-0.4, -0.2) is 51.0 Å². The summed E-state index contributed by atoms with van der Waals surface area (Å²) in [5.41, 5.74) is 1.60. The fraction of sp³-hybridized carbons (Fsp3) is 0.500. The summed E-state index contributed by atoms with van der Waals surface area (Å²) in [6, 6.07) is 0.464. The number of anilines is 1. The molecular weight excluding hydrogens is 204 g/mol. The third kappa shape index (κ3) is 1.61. The van der Waals surface area contributed by atoms with Crippen molar-refractivity contribution in [3.8, 4) is 0 Å². The molecule has 1 aliphatic rings. The number of H-pyrrole nitrogens is 1. The lowest BCUT2D eigenvalue weighted by Gasteiger charge is -2.13. The van der Waals surface area contributed by atoms with Crippen LogP contribution < -0.4 is 5.32 Å². The van der Waals surface area contributed by atoms with Crippen LogP contribution >= 0.6 is 0 Å². The molecule has 0 aliphatic carbocycles. The Bertz CT molecular complexity index is 493. The van der Waals surface area contributed by atoms with Gasteiger partial charge in [0.05, 0.1) is 6.33 Å². The normalized spacial score (nSPS) is 21.7. The third-order valence-electron chi connectivity index (χ3n) is 2.96. The highest BCUT2D eigenvalue weighted by Gasteiger charge is 2.20. The van der Waals surface area contributed by atoms with Crippen molar-refractivity contribution in [2.75, 3.05) is 25.5 Å². The minimum absolute atomic E-state index is 0.464. The lowest BCUT2D eigenvalue weighted by atomic mass is 10.2. The van der Waals surface area contributed by atoms with Crippen molar-refractivity contribution in [2.45, 2.75) is 12.5 Å². The number of aromatic nitrogens is 4.